The number of aryl methyl sites for hydroxylation is 1. The molecule has 2 amide bonds. The van der Waals surface area contributed by atoms with E-state index in [9.17, 15) is 4.79 Å². The van der Waals surface area contributed by atoms with Gasteiger partial charge in [0, 0.05) is 18.5 Å². The lowest BCUT2D eigenvalue weighted by Gasteiger charge is -2.21. The number of ether oxygens (including phenoxy) is 1. The minimum Gasteiger partial charge on any atom is -0.486 e. The molecule has 130 valence electrons. The van der Waals surface area contributed by atoms with Crippen LogP contribution in [0.15, 0.2) is 29.6 Å². The molecule has 24 heavy (non-hydrogen) atoms. The van der Waals surface area contributed by atoms with Gasteiger partial charge in [0.2, 0.25) is 0 Å². The van der Waals surface area contributed by atoms with Gasteiger partial charge in [-0.2, -0.15) is 0 Å². The van der Waals surface area contributed by atoms with Gasteiger partial charge in [-0.1, -0.05) is 19.1 Å². The molecule has 0 radical (unpaired) electrons. The van der Waals surface area contributed by atoms with E-state index >= 15 is 0 Å². The largest absolute Gasteiger partial charge is 0.486 e. The minimum absolute atomic E-state index is 0.0371. The van der Waals surface area contributed by atoms with Gasteiger partial charge in [0.1, 0.15) is 17.4 Å². The number of aromatic nitrogens is 1. The summed E-state index contributed by atoms with van der Waals surface area (Å²) in [5.41, 5.74) is 2.08. The summed E-state index contributed by atoms with van der Waals surface area (Å²) >= 11 is 1.56. The fourth-order valence-corrected chi connectivity index (χ4v) is 3.02. The summed E-state index contributed by atoms with van der Waals surface area (Å²) in [4.78, 5) is 18.4. The smallest absolute Gasteiger partial charge is 0.317 e. The molecule has 0 atom stereocenters. The van der Waals surface area contributed by atoms with Crippen LogP contribution >= 0.6 is 11.3 Å². The first-order valence-electron chi connectivity index (χ1n) is 8.27. The van der Waals surface area contributed by atoms with Crippen LogP contribution in [0, 0.1) is 6.92 Å². The molecule has 1 N–H and O–H groups in total. The number of benzene rings is 1. The number of hydrogen-bond donors (Lipinski definition) is 1. The molecule has 0 spiro atoms. The molecule has 0 bridgehead atoms. The van der Waals surface area contributed by atoms with Crippen LogP contribution in [0.3, 0.4) is 0 Å². The second kappa shape index (κ2) is 9.27. The predicted octanol–water partition coefficient (Wildman–Crippen LogP) is 3.97. The second-order valence-corrected chi connectivity index (χ2v) is 6.54. The summed E-state index contributed by atoms with van der Waals surface area (Å²) in [7, 11) is 0. The number of hydrogen-bond acceptors (Lipinski definition) is 4. The molecular weight excluding hydrogens is 322 g/mol. The third-order valence-electron chi connectivity index (χ3n) is 3.41. The van der Waals surface area contributed by atoms with Crippen LogP contribution in [-0.4, -0.2) is 29.0 Å². The maximum atomic E-state index is 12.1. The molecule has 1 aromatic carbocycles. The zero-order chi connectivity index (χ0) is 17.4. The number of carbonyl (C=O) groups is 1. The molecule has 0 saturated heterocycles. The standard InChI is InChI=1S/C18H25N3O2S/c1-4-9-21(18(22)19-5-2)11-15-13-24-17(20-15)12-23-16-8-6-7-14(3)10-16/h6-8,10,13H,4-5,9,11-12H2,1-3H3,(H,19,22). The molecule has 6 heteroatoms. The minimum atomic E-state index is -0.0371. The molecule has 1 heterocycles. The molecule has 2 rings (SSSR count). The lowest BCUT2D eigenvalue weighted by atomic mass is 10.2. The first kappa shape index (κ1) is 18.3. The van der Waals surface area contributed by atoms with Crippen LogP contribution in [0.2, 0.25) is 0 Å². The van der Waals surface area contributed by atoms with E-state index in [1.807, 2.05) is 43.5 Å². The highest BCUT2D eigenvalue weighted by molar-refractivity contribution is 7.09. The van der Waals surface area contributed by atoms with Gasteiger partial charge in [-0.05, 0) is 38.0 Å². The molecule has 0 unspecified atom stereocenters. The Hall–Kier alpha value is -2.08. The molecule has 0 aliphatic rings. The highest BCUT2D eigenvalue weighted by atomic mass is 32.1. The number of rotatable bonds is 8. The molecule has 2 aromatic rings. The summed E-state index contributed by atoms with van der Waals surface area (Å²) in [5, 5.41) is 5.76. The average Bonchev–Trinajstić information content (AvgIpc) is 3.00. The number of nitrogens with zero attached hydrogens (tertiary/aromatic N) is 2. The quantitative estimate of drug-likeness (QED) is 0.786. The lowest BCUT2D eigenvalue weighted by Crippen LogP contribution is -2.39. The summed E-state index contributed by atoms with van der Waals surface area (Å²) < 4.78 is 5.78. The van der Waals surface area contributed by atoms with Crippen molar-refractivity contribution in [3.63, 3.8) is 0 Å². The zero-order valence-electron chi connectivity index (χ0n) is 14.5. The zero-order valence-corrected chi connectivity index (χ0v) is 15.4. The van der Waals surface area contributed by atoms with Crippen molar-refractivity contribution in [1.82, 2.24) is 15.2 Å². The van der Waals surface area contributed by atoms with E-state index in [4.69, 9.17) is 4.74 Å². The fraction of sp³-hybridized carbons (Fsp3) is 0.444. The number of amides is 2. The van der Waals surface area contributed by atoms with Crippen molar-refractivity contribution >= 4 is 17.4 Å². The van der Waals surface area contributed by atoms with Crippen molar-refractivity contribution in [3.05, 3.63) is 45.9 Å². The topological polar surface area (TPSA) is 54.5 Å². The van der Waals surface area contributed by atoms with Gasteiger partial charge in [0.05, 0.1) is 12.2 Å². The van der Waals surface area contributed by atoms with Crippen LogP contribution < -0.4 is 10.1 Å². The predicted molar refractivity (Wildman–Crippen MR) is 97.4 cm³/mol. The summed E-state index contributed by atoms with van der Waals surface area (Å²) in [5.74, 6) is 0.849. The van der Waals surface area contributed by atoms with E-state index in [0.29, 0.717) is 19.7 Å². The normalized spacial score (nSPS) is 10.5. The summed E-state index contributed by atoms with van der Waals surface area (Å²) in [6.45, 7) is 8.35. The molecule has 5 nitrogen and oxygen atoms in total. The van der Waals surface area contributed by atoms with Crippen molar-refractivity contribution in [3.8, 4) is 5.75 Å². The fourth-order valence-electron chi connectivity index (χ4n) is 2.32. The SMILES string of the molecule is CCCN(Cc1csc(COc2cccc(C)c2)n1)C(=O)NCC. The maximum absolute atomic E-state index is 12.1. The van der Waals surface area contributed by atoms with Crippen molar-refractivity contribution in [1.29, 1.82) is 0 Å². The van der Waals surface area contributed by atoms with Gasteiger partial charge >= 0.3 is 6.03 Å². The van der Waals surface area contributed by atoms with Crippen molar-refractivity contribution in [2.75, 3.05) is 13.1 Å². The van der Waals surface area contributed by atoms with Crippen LogP contribution in [0.5, 0.6) is 5.75 Å². The summed E-state index contributed by atoms with van der Waals surface area (Å²) in [6.07, 6.45) is 0.921. The van der Waals surface area contributed by atoms with E-state index in [2.05, 4.69) is 17.2 Å². The number of urea groups is 1. The molecule has 0 aliphatic heterocycles. The van der Waals surface area contributed by atoms with Gasteiger partial charge in [0.15, 0.2) is 0 Å². The Morgan fingerprint density at radius 2 is 2.21 bits per heavy atom. The van der Waals surface area contributed by atoms with Gasteiger partial charge < -0.3 is 15.0 Å². The highest BCUT2D eigenvalue weighted by Gasteiger charge is 2.14. The number of thiazole rings is 1. The molecule has 0 saturated carbocycles. The van der Waals surface area contributed by atoms with E-state index < -0.39 is 0 Å². The van der Waals surface area contributed by atoms with Crippen molar-refractivity contribution < 1.29 is 9.53 Å². The van der Waals surface area contributed by atoms with Gasteiger partial charge in [0.25, 0.3) is 0 Å². The summed E-state index contributed by atoms with van der Waals surface area (Å²) in [6, 6.07) is 7.93. The Balaban J connectivity index is 1.92. The number of carbonyl (C=O) groups excluding carboxylic acids is 1. The molecule has 1 aromatic heterocycles. The van der Waals surface area contributed by atoms with Gasteiger partial charge in [-0.15, -0.1) is 11.3 Å². The van der Waals surface area contributed by atoms with E-state index in [1.54, 1.807) is 16.2 Å². The third-order valence-corrected chi connectivity index (χ3v) is 4.28. The van der Waals surface area contributed by atoms with E-state index in [-0.39, 0.29) is 6.03 Å². The van der Waals surface area contributed by atoms with Crippen LogP contribution in [0.1, 0.15) is 36.5 Å². The number of nitrogens with one attached hydrogen (secondary N) is 1. The Labute approximate surface area is 147 Å². The van der Waals surface area contributed by atoms with Crippen LogP contribution in [0.4, 0.5) is 4.79 Å². The average molecular weight is 347 g/mol. The van der Waals surface area contributed by atoms with Gasteiger partial charge in [-0.25, -0.2) is 9.78 Å². The Kier molecular flexibility index (Phi) is 7.06. The van der Waals surface area contributed by atoms with Crippen molar-refractivity contribution in [2.24, 2.45) is 0 Å². The first-order valence-corrected chi connectivity index (χ1v) is 9.15. The van der Waals surface area contributed by atoms with Gasteiger partial charge in [-0.3, -0.25) is 0 Å². The van der Waals surface area contributed by atoms with Crippen LogP contribution in [0.25, 0.3) is 0 Å². The maximum Gasteiger partial charge on any atom is 0.317 e. The second-order valence-electron chi connectivity index (χ2n) is 5.59. The lowest BCUT2D eigenvalue weighted by molar-refractivity contribution is 0.195. The third kappa shape index (κ3) is 5.53. The highest BCUT2D eigenvalue weighted by Crippen LogP contribution is 2.17. The first-order chi connectivity index (χ1) is 11.6. The Morgan fingerprint density at radius 3 is 2.92 bits per heavy atom. The van der Waals surface area contributed by atoms with E-state index in [1.165, 1.54) is 5.56 Å². The molecule has 0 aliphatic carbocycles. The Morgan fingerprint density at radius 1 is 1.38 bits per heavy atom. The molecule has 0 fully saturated rings. The van der Waals surface area contributed by atoms with Crippen LogP contribution in [-0.2, 0) is 13.2 Å². The Bertz CT molecular complexity index is 657. The monoisotopic (exact) mass is 347 g/mol. The van der Waals surface area contributed by atoms with E-state index in [0.717, 1.165) is 29.4 Å². The van der Waals surface area contributed by atoms with Crippen molar-refractivity contribution in [2.45, 2.75) is 40.3 Å². The molecular formula is C18H25N3O2S.